The van der Waals surface area contributed by atoms with Crippen LogP contribution in [0.5, 0.6) is 0 Å². The summed E-state index contributed by atoms with van der Waals surface area (Å²) in [5.41, 5.74) is 2.66. The third kappa shape index (κ3) is 4.63. The molecule has 1 amide bonds. The lowest BCUT2D eigenvalue weighted by atomic mass is 10.1. The highest BCUT2D eigenvalue weighted by molar-refractivity contribution is 5.77. The molecule has 0 radical (unpaired) electrons. The number of benzene rings is 1. The molecule has 1 aliphatic heterocycles. The van der Waals surface area contributed by atoms with Gasteiger partial charge in [-0.2, -0.15) is 0 Å². The van der Waals surface area contributed by atoms with Crippen LogP contribution in [0.2, 0.25) is 0 Å². The van der Waals surface area contributed by atoms with Gasteiger partial charge < -0.3 is 24.4 Å². The molecule has 34 heavy (non-hydrogen) atoms. The molecule has 8 heteroatoms. The first-order chi connectivity index (χ1) is 16.5. The van der Waals surface area contributed by atoms with Crippen molar-refractivity contribution in [2.75, 3.05) is 26.7 Å². The normalized spacial score (nSPS) is 21.6. The van der Waals surface area contributed by atoms with Crippen LogP contribution < -0.4 is 5.32 Å². The molecule has 1 aromatic carbocycles. The number of hydrogen-bond acceptors (Lipinski definition) is 6. The number of likely N-dealkylation sites (tertiary alicyclic amines) is 1. The monoisotopic (exact) mass is 459 g/mol. The molecule has 0 spiro atoms. The number of amides is 1. The van der Waals surface area contributed by atoms with Crippen molar-refractivity contribution in [1.82, 2.24) is 24.9 Å². The van der Waals surface area contributed by atoms with Crippen molar-refractivity contribution in [3.8, 4) is 23.2 Å². The van der Waals surface area contributed by atoms with Crippen molar-refractivity contribution in [3.63, 3.8) is 0 Å². The third-order valence-electron chi connectivity index (χ3n) is 6.70. The molecule has 1 saturated heterocycles. The summed E-state index contributed by atoms with van der Waals surface area (Å²) < 4.78 is 7.39. The maximum absolute atomic E-state index is 12.2. The Morgan fingerprint density at radius 1 is 1.29 bits per heavy atom. The number of aliphatic hydroxyl groups is 1. The zero-order valence-electron chi connectivity index (χ0n) is 19.4. The highest BCUT2D eigenvalue weighted by atomic mass is 16.5. The van der Waals surface area contributed by atoms with Gasteiger partial charge in [0.2, 0.25) is 5.91 Å². The molecule has 4 atom stereocenters. The first kappa shape index (κ1) is 22.4. The number of carbonyl (C=O) groups is 1. The van der Waals surface area contributed by atoms with Crippen LogP contribution in [0.1, 0.15) is 36.5 Å². The average molecular weight is 460 g/mol. The Balaban J connectivity index is 1.16. The van der Waals surface area contributed by atoms with E-state index in [-0.39, 0.29) is 5.91 Å². The van der Waals surface area contributed by atoms with Crippen LogP contribution in [-0.2, 0) is 11.3 Å². The molecule has 0 unspecified atom stereocenters. The molecule has 3 heterocycles. The maximum Gasteiger partial charge on any atom is 0.223 e. The van der Waals surface area contributed by atoms with Gasteiger partial charge in [-0.15, -0.1) is 0 Å². The number of aliphatic hydroxyl groups excluding tert-OH is 1. The lowest BCUT2D eigenvalue weighted by Crippen LogP contribution is -2.33. The SMILES string of the molecule is CNCCC(=O)N1C[C@@H]2[C@H](C#Cc3ccc(-c4cc(Cn5ccnc5[C@H](C)O)no4)cc3)[C@@H]2C1. The molecule has 3 aromatic rings. The van der Waals surface area contributed by atoms with E-state index in [1.54, 1.807) is 13.1 Å². The molecule has 8 nitrogen and oxygen atoms in total. The Morgan fingerprint density at radius 3 is 2.76 bits per heavy atom. The summed E-state index contributed by atoms with van der Waals surface area (Å²) in [6.45, 7) is 4.59. The first-order valence-electron chi connectivity index (χ1n) is 11.7. The second-order valence-electron chi connectivity index (χ2n) is 9.12. The highest BCUT2D eigenvalue weighted by Gasteiger charge is 2.55. The van der Waals surface area contributed by atoms with Gasteiger partial charge in [-0.3, -0.25) is 4.79 Å². The van der Waals surface area contributed by atoms with E-state index >= 15 is 0 Å². The van der Waals surface area contributed by atoms with Gasteiger partial charge in [-0.05, 0) is 50.1 Å². The van der Waals surface area contributed by atoms with Crippen LogP contribution in [0.25, 0.3) is 11.3 Å². The maximum atomic E-state index is 12.2. The summed E-state index contributed by atoms with van der Waals surface area (Å²) in [5, 5.41) is 17.0. The number of hydrogen-bond donors (Lipinski definition) is 2. The number of piperidine rings is 1. The van der Waals surface area contributed by atoms with Gasteiger partial charge in [-0.1, -0.05) is 17.0 Å². The number of imidazole rings is 1. The van der Waals surface area contributed by atoms with E-state index in [9.17, 15) is 9.90 Å². The Bertz CT molecular complexity index is 1210. The standard InChI is InChI=1S/C26H29N5O3/c1-17(32)26-28-11-12-30(26)14-20-13-24(34-29-20)19-6-3-18(4-7-19)5-8-21-22-15-31(16-23(21)22)25(33)9-10-27-2/h3-4,6-7,11-13,17,21-23,27,32H,9-10,14-16H2,1-2H3/t17-,21-,22+,23-/m0/s1. The summed E-state index contributed by atoms with van der Waals surface area (Å²) in [5.74, 6) is 9.71. The van der Waals surface area contributed by atoms with Gasteiger partial charge in [0.25, 0.3) is 0 Å². The fraction of sp³-hybridized carbons (Fsp3) is 0.423. The fourth-order valence-corrected chi connectivity index (χ4v) is 4.74. The minimum absolute atomic E-state index is 0.243. The molecule has 2 fully saturated rings. The summed E-state index contributed by atoms with van der Waals surface area (Å²) in [6.07, 6.45) is 3.41. The fourth-order valence-electron chi connectivity index (χ4n) is 4.74. The van der Waals surface area contributed by atoms with E-state index in [4.69, 9.17) is 4.52 Å². The number of aromatic nitrogens is 3. The second-order valence-corrected chi connectivity index (χ2v) is 9.12. The molecule has 2 aromatic heterocycles. The Labute approximate surface area is 199 Å². The number of fused-ring (bicyclic) bond motifs is 1. The molecule has 1 saturated carbocycles. The smallest absolute Gasteiger partial charge is 0.223 e. The van der Waals surface area contributed by atoms with Crippen molar-refractivity contribution >= 4 is 5.91 Å². The van der Waals surface area contributed by atoms with Gasteiger partial charge in [-0.25, -0.2) is 4.98 Å². The van der Waals surface area contributed by atoms with E-state index in [1.807, 2.05) is 53.0 Å². The van der Waals surface area contributed by atoms with Crippen molar-refractivity contribution < 1.29 is 14.4 Å². The van der Waals surface area contributed by atoms with Crippen molar-refractivity contribution in [1.29, 1.82) is 0 Å². The largest absolute Gasteiger partial charge is 0.385 e. The average Bonchev–Trinajstić information content (AvgIpc) is 3.33. The molecule has 0 bridgehead atoms. The predicted octanol–water partition coefficient (Wildman–Crippen LogP) is 2.31. The topological polar surface area (TPSA) is 96.4 Å². The summed E-state index contributed by atoms with van der Waals surface area (Å²) in [6, 6.07) is 9.88. The number of nitrogens with one attached hydrogen (secondary N) is 1. The van der Waals surface area contributed by atoms with Crippen molar-refractivity contribution in [2.24, 2.45) is 17.8 Å². The molecule has 2 N–H and O–H groups in total. The number of nitrogens with zero attached hydrogens (tertiary/aromatic N) is 4. The van der Waals surface area contributed by atoms with E-state index < -0.39 is 6.10 Å². The summed E-state index contributed by atoms with van der Waals surface area (Å²) >= 11 is 0. The Hall–Kier alpha value is -3.41. The van der Waals surface area contributed by atoms with Crippen LogP contribution in [0.15, 0.2) is 47.2 Å². The zero-order chi connectivity index (χ0) is 23.7. The molecule has 176 valence electrons. The van der Waals surface area contributed by atoms with E-state index in [0.717, 1.165) is 36.5 Å². The minimum Gasteiger partial charge on any atom is -0.385 e. The van der Waals surface area contributed by atoms with E-state index in [0.29, 0.717) is 42.3 Å². The summed E-state index contributed by atoms with van der Waals surface area (Å²) in [7, 11) is 1.87. The van der Waals surface area contributed by atoms with E-state index in [2.05, 4.69) is 27.3 Å². The summed E-state index contributed by atoms with van der Waals surface area (Å²) in [4.78, 5) is 18.3. The number of carbonyl (C=O) groups excluding carboxylic acids is 1. The van der Waals surface area contributed by atoms with Gasteiger partial charge in [0.1, 0.15) is 17.6 Å². The van der Waals surface area contributed by atoms with Crippen molar-refractivity contribution in [3.05, 3.63) is 59.8 Å². The first-order valence-corrected chi connectivity index (χ1v) is 11.7. The molecule has 1 aliphatic carbocycles. The lowest BCUT2D eigenvalue weighted by Gasteiger charge is -2.18. The Morgan fingerprint density at radius 2 is 2.06 bits per heavy atom. The van der Waals surface area contributed by atoms with E-state index in [1.165, 1.54) is 0 Å². The zero-order valence-corrected chi connectivity index (χ0v) is 19.4. The second kappa shape index (κ2) is 9.45. The van der Waals surface area contributed by atoms with Crippen LogP contribution in [0.3, 0.4) is 0 Å². The quantitative estimate of drug-likeness (QED) is 0.527. The van der Waals surface area contributed by atoms with Crippen molar-refractivity contribution in [2.45, 2.75) is 26.0 Å². The molecule has 5 rings (SSSR count). The van der Waals surface area contributed by atoms with Crippen LogP contribution in [0.4, 0.5) is 0 Å². The number of rotatable bonds is 7. The minimum atomic E-state index is -0.644. The van der Waals surface area contributed by atoms with Crippen LogP contribution in [0, 0.1) is 29.6 Å². The molecular formula is C26H29N5O3. The van der Waals surface area contributed by atoms with Gasteiger partial charge in [0, 0.05) is 61.6 Å². The van der Waals surface area contributed by atoms with Gasteiger partial charge in [0.15, 0.2) is 5.76 Å². The Kier molecular flexibility index (Phi) is 6.22. The molecule has 2 aliphatic rings. The predicted molar refractivity (Wildman–Crippen MR) is 126 cm³/mol. The lowest BCUT2D eigenvalue weighted by molar-refractivity contribution is -0.130. The van der Waals surface area contributed by atoms with Crippen LogP contribution >= 0.6 is 0 Å². The van der Waals surface area contributed by atoms with Gasteiger partial charge in [0.05, 0.1) is 6.54 Å². The highest BCUT2D eigenvalue weighted by Crippen LogP contribution is 2.51. The molecular weight excluding hydrogens is 430 g/mol. The van der Waals surface area contributed by atoms with Gasteiger partial charge >= 0.3 is 0 Å². The third-order valence-corrected chi connectivity index (χ3v) is 6.70. The van der Waals surface area contributed by atoms with Crippen LogP contribution in [-0.4, -0.2) is 57.3 Å².